The van der Waals surface area contributed by atoms with Crippen molar-refractivity contribution in [2.45, 2.75) is 27.7 Å². The number of rotatable bonds is 4. The van der Waals surface area contributed by atoms with Crippen LogP contribution in [0, 0.1) is 0 Å². The Morgan fingerprint density at radius 3 is 1.38 bits per heavy atom. The van der Waals surface area contributed by atoms with Crippen molar-refractivity contribution in [3.63, 3.8) is 0 Å². The van der Waals surface area contributed by atoms with Crippen LogP contribution in [-0.2, 0) is 19.1 Å². The van der Waals surface area contributed by atoms with Crippen molar-refractivity contribution in [2.24, 2.45) is 0 Å². The van der Waals surface area contributed by atoms with Gasteiger partial charge in [-0.05, 0) is 27.7 Å². The molecule has 0 aromatic heterocycles. The molecule has 0 rings (SSSR count). The van der Waals surface area contributed by atoms with Crippen LogP contribution < -0.4 is 0 Å². The van der Waals surface area contributed by atoms with Crippen LogP contribution in [-0.4, -0.2) is 25.2 Å². The number of ether oxygens (including phenoxy) is 2. The van der Waals surface area contributed by atoms with Gasteiger partial charge >= 0.3 is 11.9 Å². The lowest BCUT2D eigenvalue weighted by Gasteiger charge is -1.95. The Hall–Kier alpha value is -1.58. The number of esters is 2. The number of allylic oxidation sites excluding steroid dienone is 2. The second-order valence-corrected chi connectivity index (χ2v) is 2.50. The summed E-state index contributed by atoms with van der Waals surface area (Å²) in [6.07, 6.45) is 6.09. The first-order chi connectivity index (χ1) is 7.62. The van der Waals surface area contributed by atoms with E-state index < -0.39 is 11.9 Å². The Labute approximate surface area is 96.9 Å². The predicted molar refractivity (Wildman–Crippen MR) is 62.9 cm³/mol. The molecule has 4 nitrogen and oxygen atoms in total. The molecule has 0 saturated heterocycles. The minimum atomic E-state index is -0.537. The van der Waals surface area contributed by atoms with Crippen molar-refractivity contribution >= 4 is 11.9 Å². The van der Waals surface area contributed by atoms with E-state index in [9.17, 15) is 9.59 Å². The van der Waals surface area contributed by atoms with Crippen molar-refractivity contribution in [1.29, 1.82) is 0 Å². The second-order valence-electron chi connectivity index (χ2n) is 2.50. The monoisotopic (exact) mass is 228 g/mol. The largest absolute Gasteiger partial charge is 0.463 e. The van der Waals surface area contributed by atoms with Gasteiger partial charge in [-0.2, -0.15) is 0 Å². The molecule has 0 amide bonds. The summed E-state index contributed by atoms with van der Waals surface area (Å²) in [5.41, 5.74) is 0. The van der Waals surface area contributed by atoms with Gasteiger partial charge in [-0.1, -0.05) is 12.2 Å². The molecule has 0 spiro atoms. The predicted octanol–water partition coefficient (Wildman–Crippen LogP) is 2.25. The van der Waals surface area contributed by atoms with E-state index in [0.717, 1.165) is 12.2 Å². The molecular weight excluding hydrogens is 208 g/mol. The van der Waals surface area contributed by atoms with Gasteiger partial charge in [0.2, 0.25) is 0 Å². The van der Waals surface area contributed by atoms with Crippen molar-refractivity contribution in [3.8, 4) is 0 Å². The van der Waals surface area contributed by atoms with Crippen molar-refractivity contribution in [2.75, 3.05) is 13.2 Å². The van der Waals surface area contributed by atoms with E-state index in [1.54, 1.807) is 13.8 Å². The molecule has 0 aromatic rings. The first-order valence-corrected chi connectivity index (χ1v) is 5.21. The zero-order valence-corrected chi connectivity index (χ0v) is 10.4. The van der Waals surface area contributed by atoms with E-state index in [2.05, 4.69) is 9.47 Å². The minimum absolute atomic E-state index is 0.298. The lowest BCUT2D eigenvalue weighted by atomic mass is 10.5. The van der Waals surface area contributed by atoms with Gasteiger partial charge in [0.1, 0.15) is 0 Å². The fourth-order valence-corrected chi connectivity index (χ4v) is 0.517. The average Bonchev–Trinajstić information content (AvgIpc) is 2.28. The lowest BCUT2D eigenvalue weighted by Crippen LogP contribution is -2.03. The summed E-state index contributed by atoms with van der Waals surface area (Å²) in [4.78, 5) is 21.3. The molecule has 0 aliphatic carbocycles. The summed E-state index contributed by atoms with van der Waals surface area (Å²) in [6.45, 7) is 7.98. The molecule has 0 aromatic carbocycles. The summed E-state index contributed by atoms with van der Waals surface area (Å²) in [7, 11) is 0. The Kier molecular flexibility index (Phi) is 14.1. The van der Waals surface area contributed by atoms with Crippen molar-refractivity contribution in [3.05, 3.63) is 24.3 Å². The van der Waals surface area contributed by atoms with Gasteiger partial charge in [-0.3, -0.25) is 0 Å². The Balaban J connectivity index is 0. The molecule has 0 saturated carbocycles. The van der Waals surface area contributed by atoms with Gasteiger partial charge < -0.3 is 9.47 Å². The highest BCUT2D eigenvalue weighted by molar-refractivity contribution is 5.91. The van der Waals surface area contributed by atoms with Crippen LogP contribution in [0.25, 0.3) is 0 Å². The van der Waals surface area contributed by atoms with Gasteiger partial charge in [0.25, 0.3) is 0 Å². The van der Waals surface area contributed by atoms with Crippen LogP contribution in [0.5, 0.6) is 0 Å². The van der Waals surface area contributed by atoms with Gasteiger partial charge in [-0.15, -0.1) is 0 Å². The molecule has 16 heavy (non-hydrogen) atoms. The topological polar surface area (TPSA) is 52.6 Å². The molecule has 0 aliphatic heterocycles. The quantitative estimate of drug-likeness (QED) is 0.420. The Morgan fingerprint density at radius 1 is 0.875 bits per heavy atom. The molecule has 0 aliphatic rings. The normalized spacial score (nSPS) is 9.75. The van der Waals surface area contributed by atoms with Crippen LogP contribution in [0.1, 0.15) is 27.7 Å². The number of carbonyl (C=O) groups excluding carboxylic acids is 2. The third kappa shape index (κ3) is 14.9. The van der Waals surface area contributed by atoms with Crippen LogP contribution in [0.4, 0.5) is 0 Å². The summed E-state index contributed by atoms with van der Waals surface area (Å²) in [5.74, 6) is -1.07. The maximum absolute atomic E-state index is 10.6. The minimum Gasteiger partial charge on any atom is -0.463 e. The molecule has 0 bridgehead atoms. The first-order valence-electron chi connectivity index (χ1n) is 5.21. The smallest absolute Gasteiger partial charge is 0.330 e. The summed E-state index contributed by atoms with van der Waals surface area (Å²) < 4.78 is 9.07. The first kappa shape index (κ1) is 16.8. The van der Waals surface area contributed by atoms with Crippen LogP contribution in [0.2, 0.25) is 0 Å². The van der Waals surface area contributed by atoms with Crippen molar-refractivity contribution in [1.82, 2.24) is 0 Å². The fraction of sp³-hybridized carbons (Fsp3) is 0.500. The molecule has 0 unspecified atom stereocenters. The van der Waals surface area contributed by atoms with Crippen molar-refractivity contribution < 1.29 is 19.1 Å². The standard InChI is InChI=1S/C8H12O4.C4H8/c1-3-11-7(9)5-6-8(10)12-4-2;1-3-4-2/h5-6H,3-4H2,1-2H3;3-4H,1-2H3/b6-5+;4-3+. The maximum atomic E-state index is 10.6. The molecule has 0 N–H and O–H groups in total. The van der Waals surface area contributed by atoms with E-state index in [1.807, 2.05) is 26.0 Å². The van der Waals surface area contributed by atoms with Gasteiger partial charge in [0.15, 0.2) is 0 Å². The van der Waals surface area contributed by atoms with Crippen LogP contribution in [0.3, 0.4) is 0 Å². The number of hydrogen-bond acceptors (Lipinski definition) is 4. The molecule has 0 heterocycles. The van der Waals surface area contributed by atoms with E-state index in [0.29, 0.717) is 13.2 Å². The average molecular weight is 228 g/mol. The number of hydrogen-bond donors (Lipinski definition) is 0. The third-order valence-electron chi connectivity index (χ3n) is 1.26. The zero-order valence-electron chi connectivity index (χ0n) is 10.4. The fourth-order valence-electron chi connectivity index (χ4n) is 0.517. The van der Waals surface area contributed by atoms with E-state index in [-0.39, 0.29) is 0 Å². The molecule has 4 heteroatoms. The summed E-state index contributed by atoms with van der Waals surface area (Å²) in [5, 5.41) is 0. The molecule has 0 radical (unpaired) electrons. The maximum Gasteiger partial charge on any atom is 0.330 e. The molecule has 0 atom stereocenters. The summed E-state index contributed by atoms with van der Waals surface area (Å²) in [6, 6.07) is 0. The van der Waals surface area contributed by atoms with E-state index in [1.165, 1.54) is 0 Å². The Morgan fingerprint density at radius 2 is 1.19 bits per heavy atom. The third-order valence-corrected chi connectivity index (χ3v) is 1.26. The van der Waals surface area contributed by atoms with E-state index >= 15 is 0 Å². The second kappa shape index (κ2) is 13.4. The van der Waals surface area contributed by atoms with E-state index in [4.69, 9.17) is 0 Å². The highest BCUT2D eigenvalue weighted by atomic mass is 16.5. The van der Waals surface area contributed by atoms with Crippen LogP contribution in [0.15, 0.2) is 24.3 Å². The highest BCUT2D eigenvalue weighted by Crippen LogP contribution is 1.84. The SMILES string of the molecule is C/C=C/C.CCOC(=O)/C=C/C(=O)OCC. The number of carbonyl (C=O) groups is 2. The molecule has 92 valence electrons. The summed E-state index contributed by atoms with van der Waals surface area (Å²) >= 11 is 0. The molecule has 0 fully saturated rings. The Bertz CT molecular complexity index is 217. The van der Waals surface area contributed by atoms with Crippen LogP contribution >= 0.6 is 0 Å². The zero-order chi connectivity index (χ0) is 12.8. The highest BCUT2D eigenvalue weighted by Gasteiger charge is 1.97. The van der Waals surface area contributed by atoms with Gasteiger partial charge in [-0.25, -0.2) is 9.59 Å². The lowest BCUT2D eigenvalue weighted by molar-refractivity contribution is -0.140. The van der Waals surface area contributed by atoms with Gasteiger partial charge in [0, 0.05) is 12.2 Å². The van der Waals surface area contributed by atoms with Gasteiger partial charge in [0.05, 0.1) is 13.2 Å². The molecular formula is C12H20O4.